The van der Waals surface area contributed by atoms with Crippen LogP contribution in [0, 0.1) is 0 Å². The third kappa shape index (κ3) is 5.06. The van der Waals surface area contributed by atoms with Crippen molar-refractivity contribution in [1.82, 2.24) is 25.5 Å². The minimum absolute atomic E-state index is 0.00360. The number of carbonyl (C=O) groups is 1. The summed E-state index contributed by atoms with van der Waals surface area (Å²) in [7, 11) is 0. The van der Waals surface area contributed by atoms with E-state index in [9.17, 15) is 4.79 Å². The molecule has 23 heavy (non-hydrogen) atoms. The Hall–Kier alpha value is -1.89. The monoisotopic (exact) mass is 333 g/mol. The largest absolute Gasteiger partial charge is 0.350 e. The predicted molar refractivity (Wildman–Crippen MR) is 91.2 cm³/mol. The van der Waals surface area contributed by atoms with Gasteiger partial charge in [-0.3, -0.25) is 4.79 Å². The molecule has 1 atom stereocenters. The fourth-order valence-corrected chi connectivity index (χ4v) is 2.66. The summed E-state index contributed by atoms with van der Waals surface area (Å²) in [6.07, 6.45) is 0.877. The molecule has 0 radical (unpaired) electrons. The van der Waals surface area contributed by atoms with Crippen LogP contribution in [0.1, 0.15) is 39.7 Å². The Bertz CT molecular complexity index is 641. The van der Waals surface area contributed by atoms with Crippen LogP contribution in [0.4, 0.5) is 0 Å². The number of nitrogens with one attached hydrogen (secondary N) is 1. The van der Waals surface area contributed by atoms with E-state index in [0.29, 0.717) is 11.7 Å². The summed E-state index contributed by atoms with van der Waals surface area (Å²) >= 11 is 1.37. The summed E-state index contributed by atoms with van der Waals surface area (Å²) < 4.78 is 1.72. The van der Waals surface area contributed by atoms with E-state index in [1.807, 2.05) is 51.1 Å². The predicted octanol–water partition coefficient (Wildman–Crippen LogP) is 2.51. The fourth-order valence-electron chi connectivity index (χ4n) is 1.87. The van der Waals surface area contributed by atoms with Gasteiger partial charge >= 0.3 is 0 Å². The van der Waals surface area contributed by atoms with Gasteiger partial charge in [0, 0.05) is 5.54 Å². The van der Waals surface area contributed by atoms with E-state index >= 15 is 0 Å². The van der Waals surface area contributed by atoms with Crippen molar-refractivity contribution in [1.29, 1.82) is 0 Å². The van der Waals surface area contributed by atoms with Gasteiger partial charge in [0.2, 0.25) is 11.1 Å². The highest BCUT2D eigenvalue weighted by Gasteiger charge is 2.24. The Morgan fingerprint density at radius 2 is 2.04 bits per heavy atom. The van der Waals surface area contributed by atoms with Crippen LogP contribution in [0.3, 0.4) is 0 Å². The van der Waals surface area contributed by atoms with Gasteiger partial charge in [0.05, 0.1) is 11.8 Å². The number of carbonyl (C=O) groups excluding carboxylic acids is 1. The van der Waals surface area contributed by atoms with Crippen molar-refractivity contribution in [2.45, 2.75) is 56.6 Å². The van der Waals surface area contributed by atoms with Crippen molar-refractivity contribution in [3.8, 4) is 0 Å². The van der Waals surface area contributed by atoms with Crippen LogP contribution < -0.4 is 5.32 Å². The quantitative estimate of drug-likeness (QED) is 0.788. The van der Waals surface area contributed by atoms with Gasteiger partial charge in [-0.1, -0.05) is 49.0 Å². The van der Waals surface area contributed by atoms with Crippen molar-refractivity contribution in [3.63, 3.8) is 0 Å². The zero-order valence-electron chi connectivity index (χ0n) is 14.0. The number of rotatable bonds is 7. The molecule has 0 aliphatic rings. The molecule has 1 heterocycles. The van der Waals surface area contributed by atoms with Crippen LogP contribution in [0.2, 0.25) is 0 Å². The van der Waals surface area contributed by atoms with Crippen LogP contribution in [-0.2, 0) is 11.3 Å². The Morgan fingerprint density at radius 1 is 1.35 bits per heavy atom. The number of tetrazole rings is 1. The summed E-state index contributed by atoms with van der Waals surface area (Å²) in [4.78, 5) is 12.3. The lowest BCUT2D eigenvalue weighted by atomic mass is 10.0. The number of nitrogens with zero attached hydrogens (tertiary/aromatic N) is 4. The van der Waals surface area contributed by atoms with Gasteiger partial charge in [-0.15, -0.1) is 5.10 Å². The van der Waals surface area contributed by atoms with Gasteiger partial charge in [-0.2, -0.15) is 0 Å². The first kappa shape index (κ1) is 17.5. The molecular weight excluding hydrogens is 310 g/mol. The Morgan fingerprint density at radius 3 is 2.70 bits per heavy atom. The minimum atomic E-state index is -0.263. The number of benzene rings is 1. The van der Waals surface area contributed by atoms with Crippen LogP contribution in [0.5, 0.6) is 0 Å². The molecular formula is C16H23N5OS. The van der Waals surface area contributed by atoms with Crippen molar-refractivity contribution >= 4 is 17.7 Å². The molecule has 0 spiro atoms. The van der Waals surface area contributed by atoms with Crippen molar-refractivity contribution < 1.29 is 4.79 Å². The standard InChI is InChI=1S/C16H23N5OS/c1-5-16(3,4)17-14(22)12(2)23-15-18-19-20-21(15)11-13-9-7-6-8-10-13/h6-10,12H,5,11H2,1-4H3,(H,17,22). The number of hydrogen-bond acceptors (Lipinski definition) is 5. The maximum atomic E-state index is 12.3. The van der Waals surface area contributed by atoms with Crippen molar-refractivity contribution in [3.05, 3.63) is 35.9 Å². The molecule has 1 aromatic heterocycles. The van der Waals surface area contributed by atoms with Gasteiger partial charge in [0.1, 0.15) is 0 Å². The normalized spacial score (nSPS) is 12.9. The molecule has 0 aliphatic carbocycles. The molecule has 0 aliphatic heterocycles. The number of aromatic nitrogens is 4. The smallest absolute Gasteiger partial charge is 0.233 e. The van der Waals surface area contributed by atoms with E-state index < -0.39 is 0 Å². The second kappa shape index (κ2) is 7.59. The number of amides is 1. The Labute approximate surface area is 141 Å². The first-order valence-electron chi connectivity index (χ1n) is 7.70. The molecule has 1 amide bonds. The lowest BCUT2D eigenvalue weighted by molar-refractivity contribution is -0.121. The van der Waals surface area contributed by atoms with Crippen LogP contribution in [-0.4, -0.2) is 36.9 Å². The number of hydrogen-bond donors (Lipinski definition) is 1. The maximum Gasteiger partial charge on any atom is 0.233 e. The molecule has 2 rings (SSSR count). The van der Waals surface area contributed by atoms with Gasteiger partial charge in [0.15, 0.2) is 0 Å². The molecule has 0 fully saturated rings. The molecule has 0 saturated carbocycles. The summed E-state index contributed by atoms with van der Waals surface area (Å²) in [5.41, 5.74) is 0.910. The molecule has 0 saturated heterocycles. The van der Waals surface area contributed by atoms with Crippen LogP contribution in [0.15, 0.2) is 35.5 Å². The lowest BCUT2D eigenvalue weighted by Gasteiger charge is -2.26. The highest BCUT2D eigenvalue weighted by atomic mass is 32.2. The highest BCUT2D eigenvalue weighted by Crippen LogP contribution is 2.22. The Balaban J connectivity index is 2.01. The van der Waals surface area contributed by atoms with Crippen molar-refractivity contribution in [2.24, 2.45) is 0 Å². The molecule has 124 valence electrons. The molecule has 1 N–H and O–H groups in total. The van der Waals surface area contributed by atoms with Crippen LogP contribution >= 0.6 is 11.8 Å². The fraction of sp³-hybridized carbons (Fsp3) is 0.500. The summed E-state index contributed by atoms with van der Waals surface area (Å²) in [6.45, 7) is 8.54. The van der Waals surface area contributed by atoms with Gasteiger partial charge in [-0.05, 0) is 43.2 Å². The summed E-state index contributed by atoms with van der Waals surface area (Å²) in [5, 5.41) is 15.2. The first-order valence-corrected chi connectivity index (χ1v) is 8.58. The third-order valence-corrected chi connectivity index (χ3v) is 4.74. The second-order valence-electron chi connectivity index (χ2n) is 6.09. The van der Waals surface area contributed by atoms with E-state index in [1.165, 1.54) is 11.8 Å². The van der Waals surface area contributed by atoms with E-state index in [0.717, 1.165) is 12.0 Å². The first-order chi connectivity index (χ1) is 10.9. The zero-order chi connectivity index (χ0) is 16.9. The highest BCUT2D eigenvalue weighted by molar-refractivity contribution is 8.00. The lowest BCUT2D eigenvalue weighted by Crippen LogP contribution is -2.46. The van der Waals surface area contributed by atoms with Gasteiger partial charge < -0.3 is 5.32 Å². The number of thioether (sulfide) groups is 1. The second-order valence-corrected chi connectivity index (χ2v) is 7.40. The van der Waals surface area contributed by atoms with Gasteiger partial charge in [-0.25, -0.2) is 4.68 Å². The molecule has 7 heteroatoms. The molecule has 1 unspecified atom stereocenters. The zero-order valence-corrected chi connectivity index (χ0v) is 14.8. The van der Waals surface area contributed by atoms with E-state index in [-0.39, 0.29) is 16.7 Å². The van der Waals surface area contributed by atoms with Crippen molar-refractivity contribution in [2.75, 3.05) is 0 Å². The summed E-state index contributed by atoms with van der Waals surface area (Å²) in [6, 6.07) is 9.98. The average Bonchev–Trinajstić information content (AvgIpc) is 2.95. The Kier molecular flexibility index (Phi) is 5.76. The summed E-state index contributed by atoms with van der Waals surface area (Å²) in [5.74, 6) is -0.00360. The van der Waals surface area contributed by atoms with Crippen LogP contribution in [0.25, 0.3) is 0 Å². The van der Waals surface area contributed by atoms with Gasteiger partial charge in [0.25, 0.3) is 0 Å². The minimum Gasteiger partial charge on any atom is -0.350 e. The third-order valence-electron chi connectivity index (χ3n) is 3.67. The SMILES string of the molecule is CCC(C)(C)NC(=O)C(C)Sc1nnnn1Cc1ccccc1. The van der Waals surface area contributed by atoms with E-state index in [1.54, 1.807) is 4.68 Å². The topological polar surface area (TPSA) is 72.7 Å². The molecule has 1 aromatic carbocycles. The molecule has 6 nitrogen and oxygen atoms in total. The average molecular weight is 333 g/mol. The van der Waals surface area contributed by atoms with E-state index in [2.05, 4.69) is 27.8 Å². The molecule has 2 aromatic rings. The molecule has 0 bridgehead atoms. The maximum absolute atomic E-state index is 12.3. The van der Waals surface area contributed by atoms with E-state index in [4.69, 9.17) is 0 Å².